The molecular formula is C51H98N2O6. The van der Waals surface area contributed by atoms with Crippen LogP contribution in [0.3, 0.4) is 0 Å². The van der Waals surface area contributed by atoms with Crippen LogP contribution in [0, 0.1) is 0 Å². The summed E-state index contributed by atoms with van der Waals surface area (Å²) in [7, 11) is 3.91. The molecule has 0 saturated carbocycles. The lowest BCUT2D eigenvalue weighted by Crippen LogP contribution is -2.31. The smallest absolute Gasteiger partial charge is 0.307 e. The molecule has 1 unspecified atom stereocenters. The first kappa shape index (κ1) is 53.5. The zero-order valence-corrected chi connectivity index (χ0v) is 39.8. The second kappa shape index (κ2) is 40.4. The number of hydrogen-bond acceptors (Lipinski definition) is 8. The first-order chi connectivity index (χ1) is 29.1. The van der Waals surface area contributed by atoms with E-state index in [-0.39, 0.29) is 30.1 Å². The number of ether oxygens (including phenoxy) is 3. The average molecular weight is 836 g/mol. The molecule has 59 heavy (non-hydrogen) atoms. The Kier molecular flexibility index (Phi) is 36.6. The molecule has 1 fully saturated rings. The summed E-state index contributed by atoms with van der Waals surface area (Å²) in [6.45, 7) is 9.26. The summed E-state index contributed by atoms with van der Waals surface area (Å²) in [5.41, 5.74) is 0. The lowest BCUT2D eigenvalue weighted by molar-refractivity contribution is -0.150. The van der Waals surface area contributed by atoms with E-state index in [1.54, 1.807) is 0 Å². The van der Waals surface area contributed by atoms with E-state index in [2.05, 4.69) is 25.7 Å². The van der Waals surface area contributed by atoms with Crippen LogP contribution in [0.15, 0.2) is 0 Å². The van der Waals surface area contributed by atoms with Crippen molar-refractivity contribution in [1.82, 2.24) is 9.80 Å². The van der Waals surface area contributed by atoms with Crippen LogP contribution in [0.25, 0.3) is 0 Å². The molecule has 0 aromatic rings. The molecule has 0 aromatic carbocycles. The fraction of sp³-hybridized carbons (Fsp3) is 0.941. The Morgan fingerprint density at radius 3 is 1.59 bits per heavy atom. The molecule has 8 nitrogen and oxygen atoms in total. The third kappa shape index (κ3) is 34.6. The number of esters is 3. The van der Waals surface area contributed by atoms with Crippen LogP contribution < -0.4 is 0 Å². The molecule has 0 radical (unpaired) electrons. The van der Waals surface area contributed by atoms with E-state index in [0.29, 0.717) is 45.4 Å². The molecule has 1 rings (SSSR count). The van der Waals surface area contributed by atoms with Crippen molar-refractivity contribution >= 4 is 17.9 Å². The Morgan fingerprint density at radius 2 is 1.05 bits per heavy atom. The highest BCUT2D eigenvalue weighted by Gasteiger charge is 2.33. The van der Waals surface area contributed by atoms with Crippen LogP contribution >= 0.6 is 0 Å². The van der Waals surface area contributed by atoms with Gasteiger partial charge < -0.3 is 19.1 Å². The van der Waals surface area contributed by atoms with Crippen LogP contribution in [-0.4, -0.2) is 86.3 Å². The fourth-order valence-electron chi connectivity index (χ4n) is 8.34. The summed E-state index contributed by atoms with van der Waals surface area (Å²) in [6, 6.07) is -0.751. The summed E-state index contributed by atoms with van der Waals surface area (Å²) < 4.78 is 27.0. The molecule has 8 heteroatoms. The molecule has 1 aliphatic heterocycles. The van der Waals surface area contributed by atoms with Crippen LogP contribution in [0.1, 0.15) is 253 Å². The number of hydrogen-bond donors (Lipinski definition) is 0. The zero-order chi connectivity index (χ0) is 43.9. The number of likely N-dealkylation sites (tertiary alicyclic amines) is 1. The Balaban J connectivity index is 2.43. The van der Waals surface area contributed by atoms with E-state index < -0.39 is 6.02 Å². The lowest BCUT2D eigenvalue weighted by atomic mass is 10.0. The van der Waals surface area contributed by atoms with Gasteiger partial charge in [0.25, 0.3) is 0 Å². The number of carbonyl (C=O) groups is 3. The number of nitrogens with zero attached hydrogens (tertiary/aromatic N) is 2. The number of unbranched alkanes of at least 4 members (excludes halogenated alkanes) is 24. The molecule has 1 heterocycles. The lowest BCUT2D eigenvalue weighted by Gasteiger charge is -2.24. The maximum atomic E-state index is 12.9. The van der Waals surface area contributed by atoms with Crippen molar-refractivity contribution in [1.29, 1.82) is 0 Å². The maximum Gasteiger partial charge on any atom is 0.307 e. The quantitative estimate of drug-likeness (QED) is 0.0341. The second-order valence-electron chi connectivity index (χ2n) is 18.2. The largest absolute Gasteiger partial charge is 0.466 e. The molecule has 0 amide bonds. The van der Waals surface area contributed by atoms with Crippen LogP contribution in [0.2, 0.25) is 0 Å². The molecule has 0 bridgehead atoms. The number of rotatable bonds is 43. The predicted octanol–water partition coefficient (Wildman–Crippen LogP) is 13.7. The minimum Gasteiger partial charge on any atom is -0.466 e. The van der Waals surface area contributed by atoms with Crippen LogP contribution in [0.4, 0.5) is 0 Å². The predicted molar refractivity (Wildman–Crippen MR) is 248 cm³/mol. The van der Waals surface area contributed by atoms with Gasteiger partial charge in [0.1, 0.15) is 12.2 Å². The number of carbonyl (C=O) groups excluding carboxylic acids is 3. The summed E-state index contributed by atoms with van der Waals surface area (Å²) in [5, 5.41) is 0. The topological polar surface area (TPSA) is 85.4 Å². The van der Waals surface area contributed by atoms with Gasteiger partial charge in [-0.15, -0.1) is 0 Å². The van der Waals surface area contributed by atoms with Gasteiger partial charge in [-0.2, -0.15) is 0 Å². The monoisotopic (exact) mass is 836 g/mol. The van der Waals surface area contributed by atoms with E-state index in [1.807, 2.05) is 19.0 Å². The van der Waals surface area contributed by atoms with Crippen molar-refractivity contribution in [3.63, 3.8) is 0 Å². The summed E-state index contributed by atoms with van der Waals surface area (Å²) in [4.78, 5) is 42.0. The van der Waals surface area contributed by atoms with Gasteiger partial charge in [-0.25, -0.2) is 0 Å². The standard InChI is InChI=1S/C51H98N2O6/c1-6-9-12-15-18-19-20-25-31-38-49(54)57-43-34-27-33-41-53-45-48(59-51(56)40-42-52(4)5)44-46(53)35-28-22-21-26-32-39-50(55)58-47(36-29-23-16-13-10-7-2)37-30-24-17-14-11-8-3/h46-48H,6-45H2,1-5H3/t46-,48?/m0/s1/i46D. The summed E-state index contributed by atoms with van der Waals surface area (Å²) in [6.07, 6.45) is 38.3. The van der Waals surface area contributed by atoms with Gasteiger partial charge >= 0.3 is 17.9 Å². The van der Waals surface area contributed by atoms with Gasteiger partial charge in [-0.3, -0.25) is 19.3 Å². The van der Waals surface area contributed by atoms with E-state index in [9.17, 15) is 15.8 Å². The Hall–Kier alpha value is -1.67. The highest BCUT2D eigenvalue weighted by Crippen LogP contribution is 2.26. The molecule has 1 saturated heterocycles. The van der Waals surface area contributed by atoms with Crippen LogP contribution in [-0.2, 0) is 28.6 Å². The van der Waals surface area contributed by atoms with Gasteiger partial charge in [-0.1, -0.05) is 162 Å². The first-order valence-corrected chi connectivity index (χ1v) is 25.6. The molecule has 0 aromatic heterocycles. The maximum absolute atomic E-state index is 12.9. The SMILES string of the molecule is [2H][C@]1(CCCCCCCC(=O)OC(CCCCCCCC)CCCCCCCC)CC(OC(=O)CCN(C)C)CN1CCCCCOC(=O)CCCCCCCCCCC. The van der Waals surface area contributed by atoms with Crippen molar-refractivity contribution < 1.29 is 30.0 Å². The molecule has 348 valence electrons. The molecule has 0 N–H and O–H groups in total. The zero-order valence-electron chi connectivity index (χ0n) is 40.8. The van der Waals surface area contributed by atoms with Crippen molar-refractivity contribution in [3.05, 3.63) is 0 Å². The Morgan fingerprint density at radius 1 is 0.576 bits per heavy atom. The van der Waals surface area contributed by atoms with E-state index in [4.69, 9.17) is 14.2 Å². The summed E-state index contributed by atoms with van der Waals surface area (Å²) in [5.74, 6) is -0.286. The highest BCUT2D eigenvalue weighted by atomic mass is 16.5. The van der Waals surface area contributed by atoms with Gasteiger partial charge in [-0.05, 0) is 84.8 Å². The van der Waals surface area contributed by atoms with Gasteiger partial charge in [0, 0.05) is 39.7 Å². The van der Waals surface area contributed by atoms with Crippen molar-refractivity contribution in [2.75, 3.05) is 40.3 Å². The highest BCUT2D eigenvalue weighted by molar-refractivity contribution is 5.70. The Labute approximate surface area is 367 Å². The van der Waals surface area contributed by atoms with Crippen molar-refractivity contribution in [2.45, 2.75) is 270 Å². The molecule has 2 atom stereocenters. The minimum absolute atomic E-state index is 0.0258. The molecule has 0 spiro atoms. The van der Waals surface area contributed by atoms with Crippen LogP contribution in [0.5, 0.6) is 0 Å². The second-order valence-corrected chi connectivity index (χ2v) is 18.2. The molecular weight excluding hydrogens is 737 g/mol. The van der Waals surface area contributed by atoms with Crippen molar-refractivity contribution in [3.8, 4) is 0 Å². The molecule has 1 aliphatic rings. The van der Waals surface area contributed by atoms with E-state index >= 15 is 0 Å². The third-order valence-corrected chi connectivity index (χ3v) is 12.1. The fourth-order valence-corrected chi connectivity index (χ4v) is 8.34. The normalized spacial score (nSPS) is 17.2. The Bertz CT molecular complexity index is 1010. The van der Waals surface area contributed by atoms with Gasteiger partial charge in [0.15, 0.2) is 0 Å². The van der Waals surface area contributed by atoms with E-state index in [0.717, 1.165) is 103 Å². The minimum atomic E-state index is -0.751. The van der Waals surface area contributed by atoms with E-state index in [1.165, 1.54) is 109 Å². The average Bonchev–Trinajstić information content (AvgIpc) is 3.53. The first-order valence-electron chi connectivity index (χ1n) is 26.1. The van der Waals surface area contributed by atoms with Crippen molar-refractivity contribution in [2.24, 2.45) is 0 Å². The molecule has 0 aliphatic carbocycles. The van der Waals surface area contributed by atoms with Gasteiger partial charge in [0.2, 0.25) is 0 Å². The van der Waals surface area contributed by atoms with Gasteiger partial charge in [0.05, 0.1) is 13.0 Å². The third-order valence-electron chi connectivity index (χ3n) is 12.1. The summed E-state index contributed by atoms with van der Waals surface area (Å²) >= 11 is 0.